The lowest BCUT2D eigenvalue weighted by molar-refractivity contribution is -0.137. The Hall–Kier alpha value is -2.87. The number of amides is 1. The van der Waals surface area contributed by atoms with Gasteiger partial charge in [0.05, 0.1) is 12.7 Å². The van der Waals surface area contributed by atoms with Gasteiger partial charge in [-0.1, -0.05) is 24.3 Å². The molecule has 2 aromatic rings. The molecule has 4 rings (SSSR count). The van der Waals surface area contributed by atoms with Crippen LogP contribution in [0.5, 0.6) is 5.75 Å². The van der Waals surface area contributed by atoms with Crippen molar-refractivity contribution in [3.8, 4) is 5.75 Å². The van der Waals surface area contributed by atoms with Crippen LogP contribution in [0.3, 0.4) is 0 Å². The van der Waals surface area contributed by atoms with Gasteiger partial charge in [0.1, 0.15) is 11.6 Å². The van der Waals surface area contributed by atoms with Gasteiger partial charge in [0, 0.05) is 23.7 Å². The molecular formula is C28H32F4N2O2. The molecule has 1 saturated carbocycles. The van der Waals surface area contributed by atoms with Gasteiger partial charge in [0.2, 0.25) is 5.91 Å². The minimum atomic E-state index is -4.61. The number of piperidine rings is 1. The number of methoxy groups -OCH3 is 1. The fraction of sp³-hybridized carbons (Fsp3) is 0.464. The number of hydrogen-bond donors (Lipinski definition) is 1. The molecule has 1 aliphatic carbocycles. The van der Waals surface area contributed by atoms with Crippen LogP contribution in [0.4, 0.5) is 17.6 Å². The second-order valence-corrected chi connectivity index (χ2v) is 9.63. The quantitative estimate of drug-likeness (QED) is 0.378. The first-order valence-electron chi connectivity index (χ1n) is 12.5. The Morgan fingerprint density at radius 2 is 1.72 bits per heavy atom. The Morgan fingerprint density at radius 3 is 2.36 bits per heavy atom. The van der Waals surface area contributed by atoms with Crippen molar-refractivity contribution in [2.45, 2.75) is 62.7 Å². The maximum atomic E-state index is 14.0. The summed E-state index contributed by atoms with van der Waals surface area (Å²) in [5, 5.41) is 2.95. The van der Waals surface area contributed by atoms with Crippen LogP contribution in [0.25, 0.3) is 6.08 Å². The van der Waals surface area contributed by atoms with E-state index in [2.05, 4.69) is 22.3 Å². The van der Waals surface area contributed by atoms with Gasteiger partial charge in [-0.25, -0.2) is 4.39 Å². The predicted molar refractivity (Wildman–Crippen MR) is 131 cm³/mol. The number of alkyl halides is 3. The fourth-order valence-electron chi connectivity index (χ4n) is 5.42. The SMILES string of the molecule is COc1ccccc1C1CCN(C2CCC(NC(=O)/C=C/c3ccc(C(F)(F)F)cc3F)CC2)CC1. The molecule has 0 spiro atoms. The van der Waals surface area contributed by atoms with Gasteiger partial charge in [-0.05, 0) is 87.4 Å². The molecule has 36 heavy (non-hydrogen) atoms. The zero-order chi connectivity index (χ0) is 25.7. The van der Waals surface area contributed by atoms with Crippen LogP contribution < -0.4 is 10.1 Å². The average Bonchev–Trinajstić information content (AvgIpc) is 2.88. The van der Waals surface area contributed by atoms with Gasteiger partial charge in [0.15, 0.2) is 0 Å². The van der Waals surface area contributed by atoms with Crippen LogP contribution in [-0.4, -0.2) is 43.1 Å². The summed E-state index contributed by atoms with van der Waals surface area (Å²) < 4.78 is 57.6. The summed E-state index contributed by atoms with van der Waals surface area (Å²) in [6.07, 6.45) is 3.72. The van der Waals surface area contributed by atoms with Gasteiger partial charge in [-0.2, -0.15) is 13.2 Å². The molecule has 0 unspecified atom stereocenters. The topological polar surface area (TPSA) is 41.6 Å². The van der Waals surface area contributed by atoms with Crippen molar-refractivity contribution in [1.82, 2.24) is 10.2 Å². The van der Waals surface area contributed by atoms with E-state index in [-0.39, 0.29) is 17.5 Å². The van der Waals surface area contributed by atoms with E-state index in [0.29, 0.717) is 18.0 Å². The molecule has 1 saturated heterocycles. The van der Waals surface area contributed by atoms with Crippen molar-refractivity contribution in [2.24, 2.45) is 0 Å². The van der Waals surface area contributed by atoms with E-state index >= 15 is 0 Å². The summed E-state index contributed by atoms with van der Waals surface area (Å²) in [6, 6.07) is 11.1. The highest BCUT2D eigenvalue weighted by atomic mass is 19.4. The highest BCUT2D eigenvalue weighted by Gasteiger charge is 2.32. The number of carbonyl (C=O) groups excluding carboxylic acids is 1. The molecule has 1 aliphatic heterocycles. The third-order valence-electron chi connectivity index (χ3n) is 7.41. The van der Waals surface area contributed by atoms with Crippen molar-refractivity contribution in [2.75, 3.05) is 20.2 Å². The summed E-state index contributed by atoms with van der Waals surface area (Å²) in [5.41, 5.74) is 0.177. The number of carbonyl (C=O) groups is 1. The van der Waals surface area contributed by atoms with Gasteiger partial charge < -0.3 is 15.0 Å². The van der Waals surface area contributed by atoms with E-state index in [1.807, 2.05) is 12.1 Å². The normalized spacial score (nSPS) is 22.0. The Bertz CT molecular complexity index is 1070. The molecule has 0 bridgehead atoms. The van der Waals surface area contributed by atoms with Crippen LogP contribution in [0, 0.1) is 5.82 Å². The Labute approximate surface area is 209 Å². The van der Waals surface area contributed by atoms with Crippen molar-refractivity contribution < 1.29 is 27.1 Å². The van der Waals surface area contributed by atoms with E-state index in [4.69, 9.17) is 4.74 Å². The standard InChI is InChI=1S/C28H32F4N2O2/c1-36-26-5-3-2-4-24(26)19-14-16-34(17-15-19)23-11-9-22(10-12-23)33-27(35)13-7-20-6-8-21(18-25(20)29)28(30,31)32/h2-8,13,18-19,22-23H,9-12,14-17H2,1H3,(H,33,35)/b13-7+. The van der Waals surface area contributed by atoms with Crippen molar-refractivity contribution in [1.29, 1.82) is 0 Å². The Morgan fingerprint density at radius 1 is 1.03 bits per heavy atom. The number of nitrogens with zero attached hydrogens (tertiary/aromatic N) is 1. The van der Waals surface area contributed by atoms with Crippen LogP contribution in [0.2, 0.25) is 0 Å². The molecule has 0 atom stereocenters. The highest BCUT2D eigenvalue weighted by molar-refractivity contribution is 5.91. The number of ether oxygens (including phenoxy) is 1. The summed E-state index contributed by atoms with van der Waals surface area (Å²) in [5.74, 6) is 0.0934. The third kappa shape index (κ3) is 6.46. The molecule has 8 heteroatoms. The van der Waals surface area contributed by atoms with Gasteiger partial charge >= 0.3 is 6.18 Å². The molecule has 2 aromatic carbocycles. The summed E-state index contributed by atoms with van der Waals surface area (Å²) in [7, 11) is 1.72. The lowest BCUT2D eigenvalue weighted by atomic mass is 9.85. The minimum absolute atomic E-state index is 0.0435. The molecule has 1 amide bonds. The fourth-order valence-corrected chi connectivity index (χ4v) is 5.42. The smallest absolute Gasteiger partial charge is 0.416 e. The summed E-state index contributed by atoms with van der Waals surface area (Å²) >= 11 is 0. The number of likely N-dealkylation sites (tertiary alicyclic amines) is 1. The predicted octanol–water partition coefficient (Wildman–Crippen LogP) is 6.17. The molecule has 1 heterocycles. The van der Waals surface area contributed by atoms with Gasteiger partial charge in [-0.3, -0.25) is 4.79 Å². The van der Waals surface area contributed by atoms with E-state index in [9.17, 15) is 22.4 Å². The number of halogens is 4. The zero-order valence-electron chi connectivity index (χ0n) is 20.4. The molecule has 4 nitrogen and oxygen atoms in total. The first-order chi connectivity index (χ1) is 17.2. The van der Waals surface area contributed by atoms with Crippen molar-refractivity contribution in [3.05, 3.63) is 71.0 Å². The monoisotopic (exact) mass is 504 g/mol. The molecular weight excluding hydrogens is 472 g/mol. The Kier molecular flexibility index (Phi) is 8.34. The third-order valence-corrected chi connectivity index (χ3v) is 7.41. The van der Waals surface area contributed by atoms with E-state index in [1.165, 1.54) is 17.7 Å². The van der Waals surface area contributed by atoms with Gasteiger partial charge in [0.25, 0.3) is 0 Å². The van der Waals surface area contributed by atoms with Crippen LogP contribution in [0.1, 0.15) is 61.1 Å². The van der Waals surface area contributed by atoms with Crippen LogP contribution >= 0.6 is 0 Å². The summed E-state index contributed by atoms with van der Waals surface area (Å²) in [4.78, 5) is 14.9. The van der Waals surface area contributed by atoms with Crippen molar-refractivity contribution >= 4 is 12.0 Å². The molecule has 2 aliphatic rings. The van der Waals surface area contributed by atoms with E-state index in [1.54, 1.807) is 7.11 Å². The molecule has 0 radical (unpaired) electrons. The molecule has 194 valence electrons. The number of para-hydroxylation sites is 1. The molecule has 2 fully saturated rings. The lowest BCUT2D eigenvalue weighted by Crippen LogP contribution is -2.46. The van der Waals surface area contributed by atoms with Gasteiger partial charge in [-0.15, -0.1) is 0 Å². The second-order valence-electron chi connectivity index (χ2n) is 9.63. The van der Waals surface area contributed by atoms with Crippen molar-refractivity contribution in [3.63, 3.8) is 0 Å². The maximum absolute atomic E-state index is 14.0. The number of benzene rings is 2. The molecule has 0 aromatic heterocycles. The summed E-state index contributed by atoms with van der Waals surface area (Å²) in [6.45, 7) is 2.09. The van der Waals surface area contributed by atoms with E-state index < -0.39 is 17.6 Å². The average molecular weight is 505 g/mol. The number of rotatable bonds is 6. The van der Waals surface area contributed by atoms with Crippen LogP contribution in [-0.2, 0) is 11.0 Å². The Balaban J connectivity index is 1.22. The zero-order valence-corrected chi connectivity index (χ0v) is 20.4. The van der Waals surface area contributed by atoms with E-state index in [0.717, 1.165) is 69.5 Å². The first-order valence-corrected chi connectivity index (χ1v) is 12.5. The number of nitrogens with one attached hydrogen (secondary N) is 1. The number of hydrogen-bond acceptors (Lipinski definition) is 3. The van der Waals surface area contributed by atoms with Crippen LogP contribution in [0.15, 0.2) is 48.5 Å². The molecule has 1 N–H and O–H groups in total. The first kappa shape index (κ1) is 26.2. The minimum Gasteiger partial charge on any atom is -0.496 e. The highest BCUT2D eigenvalue weighted by Crippen LogP contribution is 2.36. The lowest BCUT2D eigenvalue weighted by Gasteiger charge is -2.41. The second kappa shape index (κ2) is 11.5. The largest absolute Gasteiger partial charge is 0.496 e. The maximum Gasteiger partial charge on any atom is 0.416 e.